The summed E-state index contributed by atoms with van der Waals surface area (Å²) in [7, 11) is -3.94. The highest BCUT2D eigenvalue weighted by Crippen LogP contribution is 2.43. The zero-order valence-corrected chi connectivity index (χ0v) is 36.1. The number of aromatic nitrogens is 2. The number of aromatic amines is 1. The fourth-order valence-corrected chi connectivity index (χ4v) is 9.98. The standard InChI is InChI=1S/C46H53Cl2N5O5S/c1-46(2)17-15-35(41(26-46)32-5-8-36(47)9-6-32)29-52-19-21-53(22-20-52)37-10-7-34(44(24-37)58-39-23-33-16-18-49-45(33)50-28-39)27-51-59(55,56)40-13-14-43(42(48)25-40)57-30-31-3-11-38(54)12-4-31/h5-10,13-14,16,18,23-25,28,31,38,51,54H,3-4,11-12,15,17,19-22,26-27,29-30H2,1-2H3,(H,49,50). The number of allylic oxidation sites excluding steroid dienone is 1. The van der Waals surface area contributed by atoms with E-state index in [-0.39, 0.29) is 28.0 Å². The number of fused-ring (bicyclic) bond motifs is 1. The van der Waals surface area contributed by atoms with Gasteiger partial charge in [-0.25, -0.2) is 18.1 Å². The summed E-state index contributed by atoms with van der Waals surface area (Å²) in [5.74, 6) is 1.87. The van der Waals surface area contributed by atoms with Gasteiger partial charge in [-0.15, -0.1) is 0 Å². The number of pyridine rings is 1. The van der Waals surface area contributed by atoms with E-state index in [1.54, 1.807) is 12.3 Å². The van der Waals surface area contributed by atoms with Crippen LogP contribution in [0.1, 0.15) is 69.9 Å². The quantitative estimate of drug-likeness (QED) is 0.107. The van der Waals surface area contributed by atoms with Crippen LogP contribution in [0.2, 0.25) is 10.0 Å². The van der Waals surface area contributed by atoms with Crippen molar-refractivity contribution in [1.82, 2.24) is 19.6 Å². The van der Waals surface area contributed by atoms with Gasteiger partial charge in [-0.05, 0) is 116 Å². The molecule has 8 rings (SSSR count). The van der Waals surface area contributed by atoms with Gasteiger partial charge < -0.3 is 24.5 Å². The van der Waals surface area contributed by atoms with Crippen LogP contribution in [0.5, 0.6) is 17.2 Å². The van der Waals surface area contributed by atoms with E-state index in [4.69, 9.17) is 32.7 Å². The van der Waals surface area contributed by atoms with Crippen LogP contribution in [0.4, 0.5) is 5.69 Å². The number of nitrogens with one attached hydrogen (secondary N) is 2. The first-order chi connectivity index (χ1) is 28.4. The van der Waals surface area contributed by atoms with Crippen molar-refractivity contribution in [2.75, 3.05) is 44.2 Å². The fourth-order valence-electron chi connectivity index (χ4n) is 8.52. The number of piperazine rings is 1. The molecule has 2 aromatic heterocycles. The highest BCUT2D eigenvalue weighted by atomic mass is 35.5. The second-order valence-electron chi connectivity index (χ2n) is 17.1. The van der Waals surface area contributed by atoms with Gasteiger partial charge in [0.2, 0.25) is 10.0 Å². The Bertz CT molecular complexity index is 2400. The van der Waals surface area contributed by atoms with Gasteiger partial charge in [0.05, 0.1) is 28.8 Å². The molecule has 1 saturated heterocycles. The number of ether oxygens (including phenoxy) is 2. The van der Waals surface area contributed by atoms with Crippen molar-refractivity contribution < 1.29 is 23.0 Å². The van der Waals surface area contributed by atoms with Crippen LogP contribution in [-0.4, -0.2) is 73.8 Å². The van der Waals surface area contributed by atoms with Crippen molar-refractivity contribution >= 4 is 55.5 Å². The summed E-state index contributed by atoms with van der Waals surface area (Å²) in [5.41, 5.74) is 6.97. The van der Waals surface area contributed by atoms with Crippen LogP contribution in [0.25, 0.3) is 16.6 Å². The SMILES string of the molecule is CC1(C)CCC(CN2CCN(c3ccc(CNS(=O)(=O)c4ccc(OCC5CCC(O)CC5)c(Cl)c4)c(Oc4cnc5[nH]ccc5c4)c3)CC2)=C(c2ccc(Cl)cc2)C1. The molecule has 0 amide bonds. The molecular formula is C46H53Cl2N5O5S. The molecule has 312 valence electrons. The van der Waals surface area contributed by atoms with Crippen molar-refractivity contribution in [3.05, 3.63) is 112 Å². The second kappa shape index (κ2) is 17.9. The Labute approximate surface area is 357 Å². The van der Waals surface area contributed by atoms with Gasteiger partial charge in [-0.3, -0.25) is 4.90 Å². The Kier molecular flexibility index (Phi) is 12.6. The summed E-state index contributed by atoms with van der Waals surface area (Å²) in [4.78, 5) is 12.6. The Morgan fingerprint density at radius 3 is 2.47 bits per heavy atom. The lowest BCUT2D eigenvalue weighted by Gasteiger charge is -2.39. The number of hydrogen-bond donors (Lipinski definition) is 3. The zero-order valence-electron chi connectivity index (χ0n) is 33.7. The molecule has 1 saturated carbocycles. The van der Waals surface area contributed by atoms with E-state index in [1.165, 1.54) is 35.3 Å². The van der Waals surface area contributed by atoms with E-state index in [9.17, 15) is 13.5 Å². The topological polar surface area (TPSA) is 120 Å². The maximum Gasteiger partial charge on any atom is 0.240 e. The molecule has 0 bridgehead atoms. The molecule has 3 heterocycles. The van der Waals surface area contributed by atoms with E-state index in [2.05, 4.69) is 50.5 Å². The smallest absolute Gasteiger partial charge is 0.240 e. The Hall–Kier alpha value is -4.10. The molecule has 3 aromatic carbocycles. The van der Waals surface area contributed by atoms with Gasteiger partial charge in [-0.1, -0.05) is 60.8 Å². The van der Waals surface area contributed by atoms with Crippen molar-refractivity contribution in [3.63, 3.8) is 0 Å². The van der Waals surface area contributed by atoms with E-state index in [1.807, 2.05) is 48.7 Å². The molecule has 3 aliphatic rings. The van der Waals surface area contributed by atoms with Crippen molar-refractivity contribution in [1.29, 1.82) is 0 Å². The van der Waals surface area contributed by atoms with Gasteiger partial charge in [0.15, 0.2) is 0 Å². The molecule has 2 aliphatic carbocycles. The lowest BCUT2D eigenvalue weighted by molar-refractivity contribution is 0.0917. The second-order valence-corrected chi connectivity index (χ2v) is 19.7. The number of sulfonamides is 1. The minimum absolute atomic E-state index is 0.00315. The Balaban J connectivity index is 0.958. The lowest BCUT2D eigenvalue weighted by atomic mass is 9.72. The molecule has 59 heavy (non-hydrogen) atoms. The van der Waals surface area contributed by atoms with Crippen LogP contribution in [0.3, 0.4) is 0 Å². The lowest BCUT2D eigenvalue weighted by Crippen LogP contribution is -2.47. The highest BCUT2D eigenvalue weighted by Gasteiger charge is 2.30. The minimum Gasteiger partial charge on any atom is -0.492 e. The van der Waals surface area contributed by atoms with Crippen molar-refractivity contribution in [3.8, 4) is 17.2 Å². The van der Waals surface area contributed by atoms with E-state index in [0.717, 1.165) is 93.0 Å². The molecular weight excluding hydrogens is 806 g/mol. The number of anilines is 1. The predicted octanol–water partition coefficient (Wildman–Crippen LogP) is 9.86. The van der Waals surface area contributed by atoms with Gasteiger partial charge >= 0.3 is 0 Å². The monoisotopic (exact) mass is 857 g/mol. The summed E-state index contributed by atoms with van der Waals surface area (Å²) in [6.45, 7) is 9.69. The number of benzene rings is 3. The highest BCUT2D eigenvalue weighted by molar-refractivity contribution is 7.89. The fraction of sp³-hybridized carbons (Fsp3) is 0.413. The maximum atomic E-state index is 13.6. The number of H-pyrrole nitrogens is 1. The largest absolute Gasteiger partial charge is 0.492 e. The molecule has 0 atom stereocenters. The molecule has 0 radical (unpaired) electrons. The van der Waals surface area contributed by atoms with Crippen LogP contribution in [0.15, 0.2) is 95.7 Å². The summed E-state index contributed by atoms with van der Waals surface area (Å²) < 4.78 is 42.5. The number of hydrogen-bond acceptors (Lipinski definition) is 8. The normalized spacial score (nSPS) is 20.3. The minimum atomic E-state index is -3.94. The van der Waals surface area contributed by atoms with Crippen molar-refractivity contribution in [2.24, 2.45) is 11.3 Å². The number of rotatable bonds is 13. The number of aliphatic hydroxyl groups excluding tert-OH is 1. The summed E-state index contributed by atoms with van der Waals surface area (Å²) >= 11 is 12.8. The summed E-state index contributed by atoms with van der Waals surface area (Å²) in [6, 6.07) is 22.7. The molecule has 0 unspecified atom stereocenters. The van der Waals surface area contributed by atoms with E-state index < -0.39 is 10.0 Å². The number of aliphatic hydroxyl groups is 1. The van der Waals surface area contributed by atoms with Crippen molar-refractivity contribution in [2.45, 2.75) is 76.3 Å². The Morgan fingerprint density at radius 2 is 1.71 bits per heavy atom. The first kappa shape index (κ1) is 41.6. The van der Waals surface area contributed by atoms with E-state index >= 15 is 0 Å². The molecule has 0 spiro atoms. The number of halogens is 2. The third kappa shape index (κ3) is 10.3. The summed E-state index contributed by atoms with van der Waals surface area (Å²) in [6.07, 6.45) is 9.91. The van der Waals surface area contributed by atoms with Gasteiger partial charge in [0.25, 0.3) is 0 Å². The molecule has 3 N–H and O–H groups in total. The third-order valence-corrected chi connectivity index (χ3v) is 14.1. The van der Waals surface area contributed by atoms with E-state index in [0.29, 0.717) is 35.3 Å². The first-order valence-corrected chi connectivity index (χ1v) is 22.9. The average molecular weight is 859 g/mol. The Morgan fingerprint density at radius 1 is 0.932 bits per heavy atom. The molecule has 13 heteroatoms. The molecule has 5 aromatic rings. The average Bonchev–Trinajstić information content (AvgIpc) is 3.70. The van der Waals surface area contributed by atoms with Crippen LogP contribution < -0.4 is 19.1 Å². The zero-order chi connectivity index (χ0) is 41.1. The number of nitrogens with zero attached hydrogens (tertiary/aromatic N) is 3. The van der Waals surface area contributed by atoms with Gasteiger partial charge in [-0.2, -0.15) is 0 Å². The molecule has 10 nitrogen and oxygen atoms in total. The van der Waals surface area contributed by atoms with Crippen LogP contribution in [0, 0.1) is 11.3 Å². The van der Waals surface area contributed by atoms with Crippen LogP contribution in [-0.2, 0) is 16.6 Å². The van der Waals surface area contributed by atoms with Gasteiger partial charge in [0.1, 0.15) is 22.9 Å². The molecule has 1 aliphatic heterocycles. The third-order valence-electron chi connectivity index (χ3n) is 12.1. The van der Waals surface area contributed by atoms with Gasteiger partial charge in [0, 0.05) is 73.2 Å². The first-order valence-electron chi connectivity index (χ1n) is 20.7. The van der Waals surface area contributed by atoms with Crippen LogP contribution >= 0.6 is 23.2 Å². The summed E-state index contributed by atoms with van der Waals surface area (Å²) in [5, 5.41) is 11.7. The maximum absolute atomic E-state index is 13.6. The molecule has 2 fully saturated rings. The predicted molar refractivity (Wildman–Crippen MR) is 236 cm³/mol.